The normalized spacial score (nSPS) is 19.9. The summed E-state index contributed by atoms with van der Waals surface area (Å²) in [5.74, 6) is 0. The van der Waals surface area contributed by atoms with Crippen LogP contribution in [0, 0.1) is 6.54 Å². The van der Waals surface area contributed by atoms with Gasteiger partial charge in [-0.1, -0.05) is 38.1 Å². The zero-order chi connectivity index (χ0) is 10.9. The Hall–Kier alpha value is -0.860. The number of hydrogen-bond donors (Lipinski definition) is 1. The van der Waals surface area contributed by atoms with Crippen molar-refractivity contribution in [3.05, 3.63) is 41.9 Å². The van der Waals surface area contributed by atoms with Gasteiger partial charge < -0.3 is 5.11 Å². The first-order chi connectivity index (χ1) is 7.13. The number of fused-ring (bicyclic) bond motifs is 1. The number of benzene rings is 1. The minimum Gasteiger partial charge on any atom is -0.395 e. The van der Waals surface area contributed by atoms with Crippen molar-refractivity contribution in [2.45, 2.75) is 19.3 Å². The van der Waals surface area contributed by atoms with Crippen molar-refractivity contribution in [2.75, 3.05) is 19.7 Å². The molecule has 81 valence electrons. The second-order valence-electron chi connectivity index (χ2n) is 4.79. The summed E-state index contributed by atoms with van der Waals surface area (Å²) in [6.45, 7) is 8.57. The Morgan fingerprint density at radius 3 is 2.80 bits per heavy atom. The molecule has 0 aromatic heterocycles. The van der Waals surface area contributed by atoms with Gasteiger partial charge in [-0.3, -0.25) is 4.90 Å². The van der Waals surface area contributed by atoms with E-state index in [2.05, 4.69) is 49.6 Å². The quantitative estimate of drug-likeness (QED) is 0.793. The number of aliphatic hydroxyl groups is 1. The molecule has 0 unspecified atom stereocenters. The lowest BCUT2D eigenvalue weighted by Gasteiger charge is -2.39. The van der Waals surface area contributed by atoms with Crippen LogP contribution in [0.2, 0.25) is 0 Å². The highest BCUT2D eigenvalue weighted by molar-refractivity contribution is 5.40. The fourth-order valence-electron chi connectivity index (χ4n) is 2.33. The van der Waals surface area contributed by atoms with E-state index in [4.69, 9.17) is 5.11 Å². The van der Waals surface area contributed by atoms with Crippen molar-refractivity contribution in [3.8, 4) is 0 Å². The Kier molecular flexibility index (Phi) is 2.81. The highest BCUT2D eigenvalue weighted by Gasteiger charge is 2.30. The van der Waals surface area contributed by atoms with E-state index >= 15 is 0 Å². The second kappa shape index (κ2) is 3.95. The largest absolute Gasteiger partial charge is 0.395 e. The molecule has 0 saturated carbocycles. The summed E-state index contributed by atoms with van der Waals surface area (Å²) in [7, 11) is 0. The molecule has 1 heterocycles. The average Bonchev–Trinajstić information content (AvgIpc) is 2.17. The Morgan fingerprint density at radius 1 is 1.33 bits per heavy atom. The average molecular weight is 204 g/mol. The van der Waals surface area contributed by atoms with Crippen molar-refractivity contribution in [1.82, 2.24) is 4.90 Å². The zero-order valence-electron chi connectivity index (χ0n) is 9.40. The topological polar surface area (TPSA) is 23.5 Å². The van der Waals surface area contributed by atoms with Gasteiger partial charge in [0.15, 0.2) is 0 Å². The molecule has 1 aromatic rings. The van der Waals surface area contributed by atoms with Crippen LogP contribution >= 0.6 is 0 Å². The summed E-state index contributed by atoms with van der Waals surface area (Å²) in [5.41, 5.74) is 2.85. The van der Waals surface area contributed by atoms with E-state index in [1.807, 2.05) is 0 Å². The number of hydrogen-bond acceptors (Lipinski definition) is 2. The van der Waals surface area contributed by atoms with Crippen molar-refractivity contribution < 1.29 is 5.11 Å². The maximum Gasteiger partial charge on any atom is 0.0558 e. The Bertz CT molecular complexity index is 346. The predicted octanol–water partition coefficient (Wildman–Crippen LogP) is 1.78. The van der Waals surface area contributed by atoms with Crippen LogP contribution < -0.4 is 0 Å². The van der Waals surface area contributed by atoms with Crippen molar-refractivity contribution in [2.24, 2.45) is 0 Å². The summed E-state index contributed by atoms with van der Waals surface area (Å²) in [4.78, 5) is 2.20. The molecule has 2 nitrogen and oxygen atoms in total. The standard InChI is InChI=1S/C13H18NO/c1-13(2)10-14(7-8-15)9-11-5-3-4-6-12(11)13/h3-6,9,15H,7-8,10H2,1-2H3. The third kappa shape index (κ3) is 2.06. The monoisotopic (exact) mass is 204 g/mol. The van der Waals surface area contributed by atoms with Crippen LogP contribution in [0.1, 0.15) is 25.0 Å². The molecule has 1 aliphatic rings. The lowest BCUT2D eigenvalue weighted by atomic mass is 9.78. The number of aliphatic hydroxyl groups excluding tert-OH is 1. The molecular formula is C13H18NO. The molecule has 2 rings (SSSR count). The van der Waals surface area contributed by atoms with Gasteiger partial charge >= 0.3 is 0 Å². The second-order valence-corrected chi connectivity index (χ2v) is 4.79. The zero-order valence-corrected chi connectivity index (χ0v) is 9.40. The van der Waals surface area contributed by atoms with E-state index in [1.54, 1.807) is 0 Å². The van der Waals surface area contributed by atoms with Crippen molar-refractivity contribution in [1.29, 1.82) is 0 Å². The Balaban J connectivity index is 2.31. The first kappa shape index (κ1) is 10.7. The number of nitrogens with zero attached hydrogens (tertiary/aromatic N) is 1. The molecule has 1 aliphatic heterocycles. The third-order valence-electron chi connectivity index (χ3n) is 3.00. The van der Waals surface area contributed by atoms with Crippen molar-refractivity contribution >= 4 is 0 Å². The first-order valence-corrected chi connectivity index (χ1v) is 5.43. The van der Waals surface area contributed by atoms with Gasteiger partial charge in [0, 0.05) is 18.5 Å². The summed E-state index contributed by atoms with van der Waals surface area (Å²) >= 11 is 0. The van der Waals surface area contributed by atoms with Crippen LogP contribution in [-0.2, 0) is 5.41 Å². The molecule has 0 fully saturated rings. The van der Waals surface area contributed by atoms with E-state index in [0.29, 0.717) is 0 Å². The van der Waals surface area contributed by atoms with E-state index in [1.165, 1.54) is 11.1 Å². The van der Waals surface area contributed by atoms with Gasteiger partial charge in [-0.25, -0.2) is 0 Å². The molecule has 2 heteroatoms. The smallest absolute Gasteiger partial charge is 0.0558 e. The molecule has 15 heavy (non-hydrogen) atoms. The highest BCUT2D eigenvalue weighted by Crippen LogP contribution is 2.33. The molecule has 0 atom stereocenters. The molecule has 1 radical (unpaired) electrons. The molecule has 0 aliphatic carbocycles. The fourth-order valence-corrected chi connectivity index (χ4v) is 2.33. The van der Waals surface area contributed by atoms with Crippen LogP contribution in [0.15, 0.2) is 24.3 Å². The van der Waals surface area contributed by atoms with Gasteiger partial charge in [0.25, 0.3) is 0 Å². The molecule has 1 aromatic carbocycles. The minimum atomic E-state index is 0.167. The first-order valence-electron chi connectivity index (χ1n) is 5.43. The summed E-state index contributed by atoms with van der Waals surface area (Å²) in [6, 6.07) is 8.49. The Morgan fingerprint density at radius 2 is 2.07 bits per heavy atom. The molecule has 1 N–H and O–H groups in total. The maximum atomic E-state index is 8.98. The van der Waals surface area contributed by atoms with Crippen LogP contribution in [0.5, 0.6) is 0 Å². The van der Waals surface area contributed by atoms with Gasteiger partial charge in [0.05, 0.1) is 13.2 Å². The van der Waals surface area contributed by atoms with E-state index in [-0.39, 0.29) is 12.0 Å². The summed E-state index contributed by atoms with van der Waals surface area (Å²) in [6.07, 6.45) is 0. The summed E-state index contributed by atoms with van der Waals surface area (Å²) in [5, 5.41) is 8.98. The molecular weight excluding hydrogens is 186 g/mol. The third-order valence-corrected chi connectivity index (χ3v) is 3.00. The summed E-state index contributed by atoms with van der Waals surface area (Å²) < 4.78 is 0. The van der Waals surface area contributed by atoms with Gasteiger partial charge in [0.2, 0.25) is 0 Å². The van der Waals surface area contributed by atoms with Gasteiger partial charge in [-0.15, -0.1) is 0 Å². The SMILES string of the molecule is CC1(C)CN(CCO)[CH]c2ccccc21. The van der Waals surface area contributed by atoms with E-state index in [9.17, 15) is 0 Å². The lowest BCUT2D eigenvalue weighted by molar-refractivity contribution is 0.194. The highest BCUT2D eigenvalue weighted by atomic mass is 16.3. The van der Waals surface area contributed by atoms with Gasteiger partial charge in [-0.05, 0) is 11.1 Å². The van der Waals surface area contributed by atoms with Crippen LogP contribution in [0.3, 0.4) is 0 Å². The van der Waals surface area contributed by atoms with Gasteiger partial charge in [-0.2, -0.15) is 0 Å². The predicted molar refractivity (Wildman–Crippen MR) is 61.5 cm³/mol. The van der Waals surface area contributed by atoms with Crippen LogP contribution in [0.25, 0.3) is 0 Å². The Labute approximate surface area is 91.5 Å². The lowest BCUT2D eigenvalue weighted by Crippen LogP contribution is -2.42. The van der Waals surface area contributed by atoms with Crippen molar-refractivity contribution in [3.63, 3.8) is 0 Å². The van der Waals surface area contributed by atoms with E-state index in [0.717, 1.165) is 13.1 Å². The molecule has 0 bridgehead atoms. The number of rotatable bonds is 2. The fraction of sp³-hybridized carbons (Fsp3) is 0.462. The van der Waals surface area contributed by atoms with E-state index < -0.39 is 0 Å². The molecule has 0 amide bonds. The maximum absolute atomic E-state index is 8.98. The van der Waals surface area contributed by atoms with Gasteiger partial charge in [0.1, 0.15) is 0 Å². The minimum absolute atomic E-state index is 0.167. The number of β-amino-alcohol motifs (C(OH)–C–C–N with tert-alkyl or cyclic N) is 1. The molecule has 0 spiro atoms. The van der Waals surface area contributed by atoms with Crippen LogP contribution in [-0.4, -0.2) is 29.7 Å². The van der Waals surface area contributed by atoms with Crippen LogP contribution in [0.4, 0.5) is 0 Å². The molecule has 0 saturated heterocycles.